The summed E-state index contributed by atoms with van der Waals surface area (Å²) < 4.78 is 5.40. The van der Waals surface area contributed by atoms with E-state index in [-0.39, 0.29) is 17.7 Å². The molecular weight excluding hydrogens is 402 g/mol. The molecule has 0 radical (unpaired) electrons. The van der Waals surface area contributed by atoms with Crippen molar-refractivity contribution in [3.05, 3.63) is 23.4 Å². The zero-order valence-electron chi connectivity index (χ0n) is 17.0. The Labute approximate surface area is 179 Å². The minimum Gasteiger partial charge on any atom is -0.342 e. The van der Waals surface area contributed by atoms with Crippen LogP contribution in [0.4, 0.5) is 0 Å². The van der Waals surface area contributed by atoms with Crippen molar-refractivity contribution < 1.29 is 14.1 Å². The number of hydrogen-bond donors (Lipinski definition) is 0. The van der Waals surface area contributed by atoms with Gasteiger partial charge in [0, 0.05) is 51.1 Å². The molecule has 2 amide bonds. The van der Waals surface area contributed by atoms with Crippen LogP contribution in [0.15, 0.2) is 22.0 Å². The Balaban J connectivity index is 1.08. The highest BCUT2D eigenvalue weighted by Gasteiger charge is 2.37. The number of piperazine rings is 1. The van der Waals surface area contributed by atoms with Crippen molar-refractivity contribution in [1.29, 1.82) is 0 Å². The molecule has 3 fully saturated rings. The van der Waals surface area contributed by atoms with E-state index in [1.807, 2.05) is 27.3 Å². The van der Waals surface area contributed by atoms with Crippen molar-refractivity contribution in [2.75, 3.05) is 39.3 Å². The summed E-state index contributed by atoms with van der Waals surface area (Å²) in [4.78, 5) is 36.9. The fourth-order valence-electron chi connectivity index (χ4n) is 4.34. The highest BCUT2D eigenvalue weighted by molar-refractivity contribution is 7.13. The molecule has 9 heteroatoms. The van der Waals surface area contributed by atoms with Gasteiger partial charge in [-0.1, -0.05) is 11.2 Å². The largest absolute Gasteiger partial charge is 0.342 e. The fourth-order valence-corrected chi connectivity index (χ4v) is 4.99. The molecule has 2 saturated heterocycles. The minimum absolute atomic E-state index is 0.0593. The highest BCUT2D eigenvalue weighted by atomic mass is 32.1. The molecule has 0 atom stereocenters. The Kier molecular flexibility index (Phi) is 5.56. The zero-order chi connectivity index (χ0) is 20.5. The number of carbonyl (C=O) groups is 2. The summed E-state index contributed by atoms with van der Waals surface area (Å²) in [6, 6.07) is 3.96. The Morgan fingerprint density at radius 3 is 2.27 bits per heavy atom. The number of aromatic nitrogens is 2. The molecule has 5 rings (SSSR count). The van der Waals surface area contributed by atoms with E-state index in [1.54, 1.807) is 11.3 Å². The summed E-state index contributed by atoms with van der Waals surface area (Å²) in [5, 5.41) is 6.06. The molecule has 1 saturated carbocycles. The van der Waals surface area contributed by atoms with Crippen LogP contribution in [-0.2, 0) is 16.1 Å². The normalized spacial score (nSPS) is 21.2. The van der Waals surface area contributed by atoms with Gasteiger partial charge in [0.05, 0.1) is 11.4 Å². The summed E-state index contributed by atoms with van der Waals surface area (Å²) in [6.45, 7) is 5.15. The zero-order valence-corrected chi connectivity index (χ0v) is 17.9. The first-order valence-electron chi connectivity index (χ1n) is 10.8. The predicted octanol–water partition coefficient (Wildman–Crippen LogP) is 2.09. The van der Waals surface area contributed by atoms with Gasteiger partial charge >= 0.3 is 0 Å². The molecule has 30 heavy (non-hydrogen) atoms. The first-order chi connectivity index (χ1) is 14.7. The number of nitrogens with zero attached hydrogens (tertiary/aromatic N) is 5. The van der Waals surface area contributed by atoms with Crippen LogP contribution < -0.4 is 0 Å². The third-order valence-electron chi connectivity index (χ3n) is 6.33. The van der Waals surface area contributed by atoms with Gasteiger partial charge < -0.3 is 14.3 Å². The molecule has 0 unspecified atom stereocenters. The number of thiophene rings is 1. The third-order valence-corrected chi connectivity index (χ3v) is 7.20. The van der Waals surface area contributed by atoms with E-state index in [0.29, 0.717) is 24.2 Å². The number of hydrogen-bond acceptors (Lipinski definition) is 7. The number of amides is 2. The topological polar surface area (TPSA) is 82.8 Å². The second-order valence-electron chi connectivity index (χ2n) is 8.46. The lowest BCUT2D eigenvalue weighted by Gasteiger charge is -2.38. The predicted molar refractivity (Wildman–Crippen MR) is 111 cm³/mol. The van der Waals surface area contributed by atoms with E-state index >= 15 is 0 Å². The maximum absolute atomic E-state index is 12.9. The number of carbonyl (C=O) groups excluding carboxylic acids is 2. The molecule has 8 nitrogen and oxygen atoms in total. The van der Waals surface area contributed by atoms with E-state index in [1.165, 1.54) is 0 Å². The quantitative estimate of drug-likeness (QED) is 0.724. The lowest BCUT2D eigenvalue weighted by atomic mass is 9.94. The van der Waals surface area contributed by atoms with Crippen LogP contribution in [-0.4, -0.2) is 75.9 Å². The van der Waals surface area contributed by atoms with Crippen molar-refractivity contribution in [1.82, 2.24) is 24.8 Å². The molecule has 0 aromatic carbocycles. The van der Waals surface area contributed by atoms with Gasteiger partial charge in [-0.05, 0) is 37.1 Å². The molecule has 0 N–H and O–H groups in total. The monoisotopic (exact) mass is 429 g/mol. The van der Waals surface area contributed by atoms with Crippen molar-refractivity contribution in [3.63, 3.8) is 0 Å². The summed E-state index contributed by atoms with van der Waals surface area (Å²) in [6.07, 6.45) is 3.68. The van der Waals surface area contributed by atoms with E-state index in [0.717, 1.165) is 69.8 Å². The standard InChI is InChI=1S/C21H27N5O3S/c27-20(15-3-4-15)25-7-5-16(6-8-25)21(28)26-11-9-24(10-12-26)14-18-22-19(23-29-18)17-2-1-13-30-17/h1-2,13,15-16H,3-12,14H2. The van der Waals surface area contributed by atoms with Gasteiger partial charge in [-0.25, -0.2) is 0 Å². The first kappa shape index (κ1) is 19.7. The molecule has 2 aliphatic heterocycles. The summed E-state index contributed by atoms with van der Waals surface area (Å²) >= 11 is 1.59. The Morgan fingerprint density at radius 2 is 1.63 bits per heavy atom. The van der Waals surface area contributed by atoms with Crippen molar-refractivity contribution >= 4 is 23.2 Å². The molecule has 2 aromatic heterocycles. The maximum atomic E-state index is 12.9. The molecule has 2 aromatic rings. The van der Waals surface area contributed by atoms with Crippen LogP contribution in [0.3, 0.4) is 0 Å². The number of rotatable bonds is 5. The molecule has 1 aliphatic carbocycles. The second-order valence-corrected chi connectivity index (χ2v) is 9.41. The van der Waals surface area contributed by atoms with Crippen LogP contribution in [0.2, 0.25) is 0 Å². The van der Waals surface area contributed by atoms with E-state index in [2.05, 4.69) is 15.0 Å². The molecule has 0 spiro atoms. The van der Waals surface area contributed by atoms with Crippen molar-refractivity contribution in [2.24, 2.45) is 11.8 Å². The van der Waals surface area contributed by atoms with Crippen LogP contribution in [0, 0.1) is 11.8 Å². The summed E-state index contributed by atoms with van der Waals surface area (Å²) in [7, 11) is 0. The van der Waals surface area contributed by atoms with Gasteiger partial charge in [-0.15, -0.1) is 11.3 Å². The van der Waals surface area contributed by atoms with Gasteiger partial charge in [-0.3, -0.25) is 14.5 Å². The SMILES string of the molecule is O=C(C1CC1)N1CCC(C(=O)N2CCN(Cc3nc(-c4cccs4)no3)CC2)CC1. The number of piperidine rings is 1. The van der Waals surface area contributed by atoms with Crippen molar-refractivity contribution in [3.8, 4) is 10.7 Å². The first-order valence-corrected chi connectivity index (χ1v) is 11.7. The van der Waals surface area contributed by atoms with Crippen LogP contribution in [0.25, 0.3) is 10.7 Å². The number of likely N-dealkylation sites (tertiary alicyclic amines) is 1. The molecular formula is C21H27N5O3S. The fraction of sp³-hybridized carbons (Fsp3) is 0.619. The maximum Gasteiger partial charge on any atom is 0.241 e. The molecule has 3 aliphatic rings. The van der Waals surface area contributed by atoms with Gasteiger partial charge in [0.1, 0.15) is 0 Å². The van der Waals surface area contributed by atoms with Crippen LogP contribution >= 0.6 is 11.3 Å². The van der Waals surface area contributed by atoms with E-state index in [9.17, 15) is 9.59 Å². The third kappa shape index (κ3) is 4.27. The van der Waals surface area contributed by atoms with Crippen LogP contribution in [0.1, 0.15) is 31.6 Å². The van der Waals surface area contributed by atoms with E-state index < -0.39 is 0 Å². The Morgan fingerprint density at radius 1 is 0.967 bits per heavy atom. The second kappa shape index (κ2) is 8.47. The highest BCUT2D eigenvalue weighted by Crippen LogP contribution is 2.32. The lowest BCUT2D eigenvalue weighted by Crippen LogP contribution is -2.51. The summed E-state index contributed by atoms with van der Waals surface area (Å²) in [5.41, 5.74) is 0. The van der Waals surface area contributed by atoms with Crippen LogP contribution in [0.5, 0.6) is 0 Å². The van der Waals surface area contributed by atoms with Gasteiger partial charge in [0.2, 0.25) is 23.5 Å². The Bertz CT molecular complexity index is 878. The van der Waals surface area contributed by atoms with Gasteiger partial charge in [-0.2, -0.15) is 4.98 Å². The average Bonchev–Trinajstić information content (AvgIpc) is 3.28. The average molecular weight is 430 g/mol. The molecule has 4 heterocycles. The van der Waals surface area contributed by atoms with Gasteiger partial charge in [0.25, 0.3) is 0 Å². The van der Waals surface area contributed by atoms with E-state index in [4.69, 9.17) is 4.52 Å². The van der Waals surface area contributed by atoms with Crippen molar-refractivity contribution in [2.45, 2.75) is 32.2 Å². The minimum atomic E-state index is 0.0593. The lowest BCUT2D eigenvalue weighted by molar-refractivity contribution is -0.142. The summed E-state index contributed by atoms with van der Waals surface area (Å²) in [5.74, 6) is 2.14. The molecule has 0 bridgehead atoms. The molecule has 160 valence electrons. The van der Waals surface area contributed by atoms with Gasteiger partial charge in [0.15, 0.2) is 0 Å². The smallest absolute Gasteiger partial charge is 0.241 e. The Hall–Kier alpha value is -2.26.